The molecular weight excluding hydrogens is 473 g/mol. The molecule has 1 unspecified atom stereocenters. The van der Waals surface area contributed by atoms with Gasteiger partial charge in [0.2, 0.25) is 0 Å². The van der Waals surface area contributed by atoms with E-state index in [-0.39, 0.29) is 29.3 Å². The minimum atomic E-state index is -0.838. The first-order valence-corrected chi connectivity index (χ1v) is 13.3. The van der Waals surface area contributed by atoms with Crippen LogP contribution >= 0.6 is 0 Å². The Morgan fingerprint density at radius 2 is 1.62 bits per heavy atom. The third-order valence-electron chi connectivity index (χ3n) is 7.41. The van der Waals surface area contributed by atoms with Gasteiger partial charge in [0.05, 0.1) is 12.7 Å². The van der Waals surface area contributed by atoms with Gasteiger partial charge in [-0.25, -0.2) is 13.2 Å². The van der Waals surface area contributed by atoms with Gasteiger partial charge < -0.3 is 9.84 Å². The zero-order valence-corrected chi connectivity index (χ0v) is 21.5. The maximum Gasteiger partial charge on any atom is 0.166 e. The van der Waals surface area contributed by atoms with Crippen LogP contribution in [0.1, 0.15) is 75.0 Å². The number of hydrogen-bond acceptors (Lipinski definition) is 2. The van der Waals surface area contributed by atoms with Gasteiger partial charge in [0, 0.05) is 17.2 Å². The van der Waals surface area contributed by atoms with Crippen LogP contribution in [0.3, 0.4) is 0 Å². The Morgan fingerprint density at radius 1 is 0.892 bits per heavy atom. The van der Waals surface area contributed by atoms with E-state index in [1.165, 1.54) is 6.07 Å². The summed E-state index contributed by atoms with van der Waals surface area (Å²) in [5.74, 6) is -1.26. The summed E-state index contributed by atoms with van der Waals surface area (Å²) in [7, 11) is 0. The van der Waals surface area contributed by atoms with Gasteiger partial charge in [-0.1, -0.05) is 61.9 Å². The average Bonchev–Trinajstić information content (AvgIpc) is 2.90. The summed E-state index contributed by atoms with van der Waals surface area (Å²) in [6, 6.07) is 15.3. The molecule has 0 radical (unpaired) electrons. The third-order valence-corrected chi connectivity index (χ3v) is 7.41. The highest BCUT2D eigenvalue weighted by Gasteiger charge is 2.29. The summed E-state index contributed by atoms with van der Waals surface area (Å²) in [6.07, 6.45) is 7.92. The fraction of sp³-hybridized carbons (Fsp3) is 0.375. The summed E-state index contributed by atoms with van der Waals surface area (Å²) in [5.41, 5.74) is 2.60. The van der Waals surface area contributed by atoms with Crippen LogP contribution in [0.5, 0.6) is 5.75 Å². The molecule has 5 heteroatoms. The van der Waals surface area contributed by atoms with Crippen molar-refractivity contribution in [1.29, 1.82) is 0 Å². The second-order valence-electron chi connectivity index (χ2n) is 9.87. The molecule has 37 heavy (non-hydrogen) atoms. The predicted octanol–water partition coefficient (Wildman–Crippen LogP) is 8.77. The SMILES string of the molecule is CCCC(O)C1CCC(c2ccc(/C=C/c3ccc(-c4ccc(OCC)cc4F)cc3)c(F)c2F)CC1. The van der Waals surface area contributed by atoms with Crippen LogP contribution < -0.4 is 4.74 Å². The molecule has 1 N–H and O–H groups in total. The van der Waals surface area contributed by atoms with Gasteiger partial charge in [-0.05, 0) is 79.7 Å². The average molecular weight is 509 g/mol. The summed E-state index contributed by atoms with van der Waals surface area (Å²) in [4.78, 5) is 0. The van der Waals surface area contributed by atoms with E-state index in [9.17, 15) is 13.9 Å². The van der Waals surface area contributed by atoms with Crippen molar-refractivity contribution in [1.82, 2.24) is 0 Å². The molecule has 2 nitrogen and oxygen atoms in total. The number of aliphatic hydroxyl groups excluding tert-OH is 1. The van der Waals surface area contributed by atoms with E-state index in [0.717, 1.165) is 49.7 Å². The zero-order chi connectivity index (χ0) is 26.4. The van der Waals surface area contributed by atoms with Crippen molar-refractivity contribution in [3.8, 4) is 16.9 Å². The van der Waals surface area contributed by atoms with Crippen LogP contribution in [0.2, 0.25) is 0 Å². The molecule has 0 aromatic heterocycles. The van der Waals surface area contributed by atoms with Crippen molar-refractivity contribution in [2.45, 2.75) is 64.4 Å². The van der Waals surface area contributed by atoms with Gasteiger partial charge in [0.15, 0.2) is 11.6 Å². The van der Waals surface area contributed by atoms with Gasteiger partial charge in [0.1, 0.15) is 11.6 Å². The van der Waals surface area contributed by atoms with Crippen LogP contribution in [-0.4, -0.2) is 17.8 Å². The monoisotopic (exact) mass is 508 g/mol. The highest BCUT2D eigenvalue weighted by Crippen LogP contribution is 2.39. The number of hydrogen-bond donors (Lipinski definition) is 1. The van der Waals surface area contributed by atoms with Crippen LogP contribution in [0.25, 0.3) is 23.3 Å². The highest BCUT2D eigenvalue weighted by atomic mass is 19.2. The quantitative estimate of drug-likeness (QED) is 0.293. The van der Waals surface area contributed by atoms with E-state index >= 15 is 4.39 Å². The van der Waals surface area contributed by atoms with E-state index in [2.05, 4.69) is 6.92 Å². The molecule has 1 saturated carbocycles. The lowest BCUT2D eigenvalue weighted by molar-refractivity contribution is 0.0727. The maximum absolute atomic E-state index is 15.0. The van der Waals surface area contributed by atoms with Crippen molar-refractivity contribution in [3.63, 3.8) is 0 Å². The number of aliphatic hydroxyl groups is 1. The summed E-state index contributed by atoms with van der Waals surface area (Å²) >= 11 is 0. The van der Waals surface area contributed by atoms with E-state index in [1.807, 2.05) is 19.1 Å². The van der Waals surface area contributed by atoms with Gasteiger partial charge in [-0.2, -0.15) is 0 Å². The van der Waals surface area contributed by atoms with Gasteiger partial charge in [-0.15, -0.1) is 0 Å². The molecule has 4 rings (SSSR count). The molecule has 196 valence electrons. The van der Waals surface area contributed by atoms with Crippen molar-refractivity contribution in [2.24, 2.45) is 5.92 Å². The molecule has 1 aliphatic carbocycles. The Hall–Kier alpha value is -3.05. The lowest BCUT2D eigenvalue weighted by atomic mass is 9.76. The van der Waals surface area contributed by atoms with Crippen molar-refractivity contribution < 1.29 is 23.0 Å². The molecule has 0 spiro atoms. The van der Waals surface area contributed by atoms with Crippen LogP contribution in [-0.2, 0) is 0 Å². The lowest BCUT2D eigenvalue weighted by Crippen LogP contribution is -2.25. The first kappa shape index (κ1) is 27.0. The molecule has 0 bridgehead atoms. The van der Waals surface area contributed by atoms with Gasteiger partial charge in [-0.3, -0.25) is 0 Å². The second kappa shape index (κ2) is 12.5. The van der Waals surface area contributed by atoms with E-state index in [1.54, 1.807) is 48.6 Å². The van der Waals surface area contributed by atoms with E-state index in [0.29, 0.717) is 23.5 Å². The Labute approximate surface area is 217 Å². The Bertz CT molecular complexity index is 1210. The first-order chi connectivity index (χ1) is 17.9. The number of halogens is 3. The molecule has 1 aliphatic rings. The number of benzene rings is 3. The van der Waals surface area contributed by atoms with Crippen molar-refractivity contribution in [3.05, 3.63) is 88.7 Å². The van der Waals surface area contributed by atoms with Crippen LogP contribution in [0, 0.1) is 23.4 Å². The van der Waals surface area contributed by atoms with Crippen molar-refractivity contribution >= 4 is 12.2 Å². The Balaban J connectivity index is 1.43. The fourth-order valence-electron chi connectivity index (χ4n) is 5.32. The van der Waals surface area contributed by atoms with E-state index in [4.69, 9.17) is 4.74 Å². The van der Waals surface area contributed by atoms with Gasteiger partial charge in [0.25, 0.3) is 0 Å². The third kappa shape index (κ3) is 6.45. The summed E-state index contributed by atoms with van der Waals surface area (Å²) in [6.45, 7) is 4.38. The zero-order valence-electron chi connectivity index (χ0n) is 21.5. The topological polar surface area (TPSA) is 29.5 Å². The normalized spacial score (nSPS) is 18.8. The largest absolute Gasteiger partial charge is 0.494 e. The molecule has 0 amide bonds. The number of rotatable bonds is 9. The Kier molecular flexibility index (Phi) is 9.09. The predicted molar refractivity (Wildman–Crippen MR) is 144 cm³/mol. The highest BCUT2D eigenvalue weighted by molar-refractivity contribution is 5.73. The molecule has 1 fully saturated rings. The minimum absolute atomic E-state index is 0.0202. The lowest BCUT2D eigenvalue weighted by Gasteiger charge is -2.32. The Morgan fingerprint density at radius 3 is 2.27 bits per heavy atom. The first-order valence-electron chi connectivity index (χ1n) is 13.3. The number of ether oxygens (including phenoxy) is 1. The standard InChI is InChI=1S/C32H35F3O2/c1-3-5-30(36)24-14-12-23(13-15-24)28-18-16-25(31(34)32(28)35)11-8-21-6-9-22(10-7-21)27-19-17-26(37-4-2)20-29(27)33/h6-11,16-20,23-24,30,36H,3-5,12-15H2,1-2H3/b11-8+. The second-order valence-corrected chi connectivity index (χ2v) is 9.87. The molecule has 0 aliphatic heterocycles. The fourth-order valence-corrected chi connectivity index (χ4v) is 5.32. The van der Waals surface area contributed by atoms with Gasteiger partial charge >= 0.3 is 0 Å². The van der Waals surface area contributed by atoms with E-state index < -0.39 is 11.6 Å². The molecule has 3 aromatic rings. The summed E-state index contributed by atoms with van der Waals surface area (Å²) < 4.78 is 49.7. The summed E-state index contributed by atoms with van der Waals surface area (Å²) in [5, 5.41) is 10.3. The molecule has 0 saturated heterocycles. The molecule has 0 heterocycles. The maximum atomic E-state index is 15.0. The van der Waals surface area contributed by atoms with Crippen LogP contribution in [0.15, 0.2) is 54.6 Å². The van der Waals surface area contributed by atoms with Crippen LogP contribution in [0.4, 0.5) is 13.2 Å². The molecule has 3 aromatic carbocycles. The van der Waals surface area contributed by atoms with Crippen molar-refractivity contribution in [2.75, 3.05) is 6.61 Å². The minimum Gasteiger partial charge on any atom is -0.494 e. The molecule has 1 atom stereocenters. The molecular formula is C32H35F3O2. The smallest absolute Gasteiger partial charge is 0.166 e.